The fourth-order valence-corrected chi connectivity index (χ4v) is 4.56. The van der Waals surface area contributed by atoms with Gasteiger partial charge in [0, 0.05) is 17.8 Å². The third-order valence-electron chi connectivity index (χ3n) is 5.49. The topological polar surface area (TPSA) is 59.8 Å². The number of benzene rings is 3. The summed E-state index contributed by atoms with van der Waals surface area (Å²) in [6.07, 6.45) is 0.663. The Bertz CT molecular complexity index is 1260. The first kappa shape index (κ1) is 22.8. The maximum Gasteiger partial charge on any atom is 0.234 e. The highest BCUT2D eigenvalue weighted by molar-refractivity contribution is 7.99. The van der Waals surface area contributed by atoms with Gasteiger partial charge < -0.3 is 5.32 Å². The van der Waals surface area contributed by atoms with Crippen molar-refractivity contribution >= 4 is 23.4 Å². The van der Waals surface area contributed by atoms with Crippen LogP contribution >= 0.6 is 11.8 Å². The second-order valence-electron chi connectivity index (χ2n) is 8.38. The normalized spacial score (nSPS) is 10.9. The molecule has 0 saturated carbocycles. The van der Waals surface area contributed by atoms with E-state index in [1.807, 2.05) is 44.2 Å². The molecule has 0 aliphatic carbocycles. The Hall–Kier alpha value is -3.38. The zero-order chi connectivity index (χ0) is 23.4. The summed E-state index contributed by atoms with van der Waals surface area (Å²) in [5.74, 6) is 1.03. The monoisotopic (exact) mass is 456 g/mol. The number of carbonyl (C=O) groups excluding carboxylic acids is 1. The van der Waals surface area contributed by atoms with Crippen LogP contribution in [0.1, 0.15) is 33.6 Å². The van der Waals surface area contributed by atoms with Crippen molar-refractivity contribution in [1.29, 1.82) is 0 Å². The van der Waals surface area contributed by atoms with Gasteiger partial charge in [0.25, 0.3) is 0 Å². The Balaban J connectivity index is 1.58. The highest BCUT2D eigenvalue weighted by atomic mass is 32.2. The molecule has 1 amide bonds. The second-order valence-corrected chi connectivity index (χ2v) is 9.32. The van der Waals surface area contributed by atoms with Gasteiger partial charge in [0.15, 0.2) is 5.16 Å². The Kier molecular flexibility index (Phi) is 6.94. The van der Waals surface area contributed by atoms with Gasteiger partial charge >= 0.3 is 0 Å². The number of aryl methyl sites for hydroxylation is 4. The summed E-state index contributed by atoms with van der Waals surface area (Å²) >= 11 is 1.40. The molecule has 0 spiro atoms. The van der Waals surface area contributed by atoms with Gasteiger partial charge in [0.05, 0.1) is 5.75 Å². The van der Waals surface area contributed by atoms with Crippen molar-refractivity contribution in [1.82, 2.24) is 14.8 Å². The Morgan fingerprint density at radius 2 is 1.61 bits per heavy atom. The maximum absolute atomic E-state index is 12.7. The molecule has 0 radical (unpaired) electrons. The summed E-state index contributed by atoms with van der Waals surface area (Å²) in [5.41, 5.74) is 7.67. The molecular weight excluding hydrogens is 428 g/mol. The number of thioether (sulfide) groups is 1. The third-order valence-corrected chi connectivity index (χ3v) is 6.42. The molecule has 0 aliphatic rings. The first-order valence-corrected chi connectivity index (χ1v) is 11.9. The van der Waals surface area contributed by atoms with Crippen LogP contribution in [0.4, 0.5) is 5.69 Å². The molecule has 5 nitrogen and oxygen atoms in total. The molecule has 0 atom stereocenters. The average molecular weight is 457 g/mol. The van der Waals surface area contributed by atoms with E-state index < -0.39 is 0 Å². The first-order chi connectivity index (χ1) is 15.9. The van der Waals surface area contributed by atoms with Gasteiger partial charge in [-0.1, -0.05) is 54.2 Å². The van der Waals surface area contributed by atoms with Crippen LogP contribution < -0.4 is 5.32 Å². The smallest absolute Gasteiger partial charge is 0.234 e. The number of anilines is 1. The van der Waals surface area contributed by atoms with Gasteiger partial charge in [-0.2, -0.15) is 0 Å². The number of amides is 1. The van der Waals surface area contributed by atoms with Crippen LogP contribution in [-0.2, 0) is 11.2 Å². The van der Waals surface area contributed by atoms with E-state index in [0.29, 0.717) is 11.6 Å². The van der Waals surface area contributed by atoms with Crippen molar-refractivity contribution < 1.29 is 4.79 Å². The minimum atomic E-state index is -0.0655. The fraction of sp³-hybridized carbons (Fsp3) is 0.222. The molecule has 3 aromatic carbocycles. The lowest BCUT2D eigenvalue weighted by Gasteiger charge is -2.12. The van der Waals surface area contributed by atoms with Crippen LogP contribution in [0.3, 0.4) is 0 Å². The molecule has 4 aromatic rings. The Labute approximate surface area is 199 Å². The van der Waals surface area contributed by atoms with E-state index in [-0.39, 0.29) is 11.7 Å². The van der Waals surface area contributed by atoms with Crippen LogP contribution in [0.15, 0.2) is 71.9 Å². The summed E-state index contributed by atoms with van der Waals surface area (Å²) in [6.45, 7) is 8.25. The van der Waals surface area contributed by atoms with E-state index in [1.165, 1.54) is 28.5 Å². The molecule has 0 unspecified atom stereocenters. The Morgan fingerprint density at radius 1 is 0.879 bits per heavy atom. The van der Waals surface area contributed by atoms with Gasteiger partial charge in [-0.05, 0) is 79.8 Å². The summed E-state index contributed by atoms with van der Waals surface area (Å²) in [5, 5.41) is 12.6. The lowest BCUT2D eigenvalue weighted by atomic mass is 10.1. The predicted octanol–water partition coefficient (Wildman–Crippen LogP) is 5.82. The number of aromatic nitrogens is 3. The molecule has 0 bridgehead atoms. The van der Waals surface area contributed by atoms with Gasteiger partial charge in [-0.3, -0.25) is 9.36 Å². The molecule has 0 saturated heterocycles. The lowest BCUT2D eigenvalue weighted by molar-refractivity contribution is -0.113. The van der Waals surface area contributed by atoms with E-state index >= 15 is 0 Å². The molecular formula is C27H28N4OS. The van der Waals surface area contributed by atoms with E-state index in [9.17, 15) is 4.79 Å². The molecule has 0 fully saturated rings. The highest BCUT2D eigenvalue weighted by Crippen LogP contribution is 2.25. The molecule has 1 heterocycles. The van der Waals surface area contributed by atoms with Crippen LogP contribution in [0.2, 0.25) is 0 Å². The molecule has 168 valence electrons. The van der Waals surface area contributed by atoms with Crippen LogP contribution in [0, 0.1) is 27.7 Å². The fourth-order valence-electron chi connectivity index (χ4n) is 3.78. The van der Waals surface area contributed by atoms with E-state index in [1.54, 1.807) is 0 Å². The lowest BCUT2D eigenvalue weighted by Crippen LogP contribution is -2.15. The largest absolute Gasteiger partial charge is 0.325 e. The van der Waals surface area contributed by atoms with E-state index in [2.05, 4.69) is 70.3 Å². The van der Waals surface area contributed by atoms with Crippen molar-refractivity contribution in [2.24, 2.45) is 0 Å². The zero-order valence-electron chi connectivity index (χ0n) is 19.4. The minimum Gasteiger partial charge on any atom is -0.325 e. The maximum atomic E-state index is 12.7. The molecule has 4 rings (SSSR count). The van der Waals surface area contributed by atoms with Crippen LogP contribution in [0.5, 0.6) is 0 Å². The minimum absolute atomic E-state index is 0.0655. The number of hydrogen-bond donors (Lipinski definition) is 1. The first-order valence-electron chi connectivity index (χ1n) is 11.0. The number of nitrogens with one attached hydrogen (secondary N) is 1. The molecule has 6 heteroatoms. The van der Waals surface area contributed by atoms with Crippen molar-refractivity contribution in [3.8, 4) is 5.69 Å². The van der Waals surface area contributed by atoms with Crippen LogP contribution in [0.25, 0.3) is 5.69 Å². The number of rotatable bonds is 7. The number of nitrogens with zero attached hydrogens (tertiary/aromatic N) is 3. The second kappa shape index (κ2) is 10.0. The molecule has 0 aliphatic heterocycles. The average Bonchev–Trinajstić information content (AvgIpc) is 3.16. The van der Waals surface area contributed by atoms with E-state index in [0.717, 1.165) is 28.3 Å². The zero-order valence-corrected chi connectivity index (χ0v) is 20.2. The summed E-state index contributed by atoms with van der Waals surface area (Å²) in [7, 11) is 0. The van der Waals surface area contributed by atoms with Gasteiger partial charge in [-0.25, -0.2) is 0 Å². The summed E-state index contributed by atoms with van der Waals surface area (Å²) < 4.78 is 2.06. The van der Waals surface area contributed by atoms with Crippen molar-refractivity contribution in [2.75, 3.05) is 11.1 Å². The SMILES string of the molecule is Cc1cc(C)cc(NC(=O)CSc2nnc(Cc3ccccc3)n2-c2ccc(C)c(C)c2)c1. The molecule has 33 heavy (non-hydrogen) atoms. The summed E-state index contributed by atoms with van der Waals surface area (Å²) in [4.78, 5) is 12.7. The van der Waals surface area contributed by atoms with Crippen molar-refractivity contribution in [3.05, 3.63) is 100 Å². The van der Waals surface area contributed by atoms with Gasteiger partial charge in [-0.15, -0.1) is 10.2 Å². The standard InChI is InChI=1S/C27H28N4OS/c1-18-12-19(2)14-23(13-18)28-26(32)17-33-27-30-29-25(16-22-8-6-5-7-9-22)31(27)24-11-10-20(3)21(4)15-24/h5-15H,16-17H2,1-4H3,(H,28,32). The number of hydrogen-bond acceptors (Lipinski definition) is 4. The quantitative estimate of drug-likeness (QED) is 0.356. The summed E-state index contributed by atoms with van der Waals surface area (Å²) in [6, 6.07) is 22.6. The number of carbonyl (C=O) groups is 1. The third kappa shape index (κ3) is 5.71. The van der Waals surface area contributed by atoms with Crippen molar-refractivity contribution in [2.45, 2.75) is 39.3 Å². The van der Waals surface area contributed by atoms with Gasteiger partial charge in [0.1, 0.15) is 5.82 Å². The Morgan fingerprint density at radius 3 is 2.30 bits per heavy atom. The molecule has 1 aromatic heterocycles. The highest BCUT2D eigenvalue weighted by Gasteiger charge is 2.17. The van der Waals surface area contributed by atoms with Crippen LogP contribution in [-0.4, -0.2) is 26.4 Å². The van der Waals surface area contributed by atoms with Crippen molar-refractivity contribution in [3.63, 3.8) is 0 Å². The predicted molar refractivity (Wildman–Crippen MR) is 135 cm³/mol. The van der Waals surface area contributed by atoms with E-state index in [4.69, 9.17) is 0 Å². The molecule has 1 N–H and O–H groups in total. The van der Waals surface area contributed by atoms with Gasteiger partial charge in [0.2, 0.25) is 5.91 Å².